The average molecular weight is 600 g/mol. The number of nitrogens with one attached hydrogen (secondary N) is 1. The van der Waals surface area contributed by atoms with Crippen LogP contribution in [0.25, 0.3) is 0 Å². The summed E-state index contributed by atoms with van der Waals surface area (Å²) in [4.78, 5) is 10.3. The minimum atomic E-state index is -4.59. The van der Waals surface area contributed by atoms with Gasteiger partial charge in [0.15, 0.2) is 0 Å². The van der Waals surface area contributed by atoms with Crippen molar-refractivity contribution < 1.29 is 26.3 Å². The van der Waals surface area contributed by atoms with Crippen molar-refractivity contribution in [3.05, 3.63) is 119 Å². The van der Waals surface area contributed by atoms with E-state index >= 15 is 0 Å². The molecule has 3 N–H and O–H groups in total. The SMILES string of the molecule is C=C1CC(C(F)(F)F)C(=C(N)C2CCN(c3ccc(C(F)(F)F)nc3)CC2)C(=NC(c2ccccc2)c2ccccc2)N1. The highest BCUT2D eigenvalue weighted by atomic mass is 19.4. The molecule has 2 aliphatic heterocycles. The average Bonchev–Trinajstić information content (AvgIpc) is 2.99. The van der Waals surface area contributed by atoms with Gasteiger partial charge in [0, 0.05) is 42.4 Å². The number of aromatic nitrogens is 1. The van der Waals surface area contributed by atoms with Crippen LogP contribution in [0.15, 0.2) is 108 Å². The Kier molecular flexibility index (Phi) is 8.52. The van der Waals surface area contributed by atoms with Crippen LogP contribution in [0.2, 0.25) is 0 Å². The van der Waals surface area contributed by atoms with Crippen LogP contribution in [0, 0.1) is 11.8 Å². The van der Waals surface area contributed by atoms with Gasteiger partial charge in [0.2, 0.25) is 0 Å². The van der Waals surface area contributed by atoms with Crippen LogP contribution in [0.4, 0.5) is 32.0 Å². The molecule has 2 aliphatic rings. The van der Waals surface area contributed by atoms with E-state index in [0.29, 0.717) is 31.6 Å². The zero-order valence-corrected chi connectivity index (χ0v) is 23.2. The third-order valence-electron chi connectivity index (χ3n) is 7.88. The zero-order valence-electron chi connectivity index (χ0n) is 23.2. The summed E-state index contributed by atoms with van der Waals surface area (Å²) >= 11 is 0. The summed E-state index contributed by atoms with van der Waals surface area (Å²) in [5, 5.41) is 3.02. The summed E-state index contributed by atoms with van der Waals surface area (Å²) in [6, 6.07) is 20.3. The predicted octanol–water partition coefficient (Wildman–Crippen LogP) is 7.40. The Morgan fingerprint density at radius 3 is 1.98 bits per heavy atom. The second-order valence-corrected chi connectivity index (χ2v) is 10.8. The van der Waals surface area contributed by atoms with Gasteiger partial charge in [-0.2, -0.15) is 26.3 Å². The Bertz CT molecular complexity index is 1430. The normalized spacial score (nSPS) is 20.8. The van der Waals surface area contributed by atoms with Gasteiger partial charge < -0.3 is 16.0 Å². The number of anilines is 1. The first-order valence-electron chi connectivity index (χ1n) is 13.9. The number of piperidine rings is 2. The molecular weight excluding hydrogens is 568 g/mol. The fraction of sp³-hybridized carbons (Fsp3) is 0.312. The molecule has 3 heterocycles. The molecule has 2 aromatic carbocycles. The van der Waals surface area contributed by atoms with E-state index in [1.165, 1.54) is 12.3 Å². The molecule has 1 atom stereocenters. The minimum absolute atomic E-state index is 0.0446. The van der Waals surface area contributed by atoms with Gasteiger partial charge in [-0.1, -0.05) is 67.2 Å². The van der Waals surface area contributed by atoms with E-state index in [1.54, 1.807) is 0 Å². The molecule has 0 bridgehead atoms. The molecule has 5 rings (SSSR count). The van der Waals surface area contributed by atoms with Crippen molar-refractivity contribution in [1.29, 1.82) is 0 Å². The second-order valence-electron chi connectivity index (χ2n) is 10.8. The predicted molar refractivity (Wildman–Crippen MR) is 154 cm³/mol. The molecule has 226 valence electrons. The second kappa shape index (κ2) is 12.1. The van der Waals surface area contributed by atoms with E-state index in [-0.39, 0.29) is 35.1 Å². The number of alkyl halides is 6. The Balaban J connectivity index is 1.49. The van der Waals surface area contributed by atoms with Crippen molar-refractivity contribution in [1.82, 2.24) is 10.3 Å². The number of hydrogen-bond acceptors (Lipinski definition) is 4. The van der Waals surface area contributed by atoms with Gasteiger partial charge in [-0.15, -0.1) is 0 Å². The highest BCUT2D eigenvalue weighted by molar-refractivity contribution is 6.02. The summed E-state index contributed by atoms with van der Waals surface area (Å²) < 4.78 is 82.4. The summed E-state index contributed by atoms with van der Waals surface area (Å²) in [6.45, 7) is 4.60. The lowest BCUT2D eigenvalue weighted by Gasteiger charge is -2.37. The number of amidine groups is 1. The third-order valence-corrected chi connectivity index (χ3v) is 7.88. The van der Waals surface area contributed by atoms with Gasteiger partial charge in [-0.05, 0) is 36.1 Å². The van der Waals surface area contributed by atoms with Crippen molar-refractivity contribution in [2.75, 3.05) is 18.0 Å². The lowest BCUT2D eigenvalue weighted by Crippen LogP contribution is -2.44. The Morgan fingerprint density at radius 2 is 1.49 bits per heavy atom. The first-order chi connectivity index (χ1) is 20.4. The molecule has 0 aliphatic carbocycles. The Morgan fingerprint density at radius 1 is 0.907 bits per heavy atom. The molecule has 43 heavy (non-hydrogen) atoms. The molecule has 0 saturated carbocycles. The molecule has 5 nitrogen and oxygen atoms in total. The standard InChI is InChI=1S/C32H31F6N5/c1-20-18-25(31(33,34)35)27(30(41-20)42-29(22-8-4-2-5-9-22)23-10-6-3-7-11-23)28(39)21-14-16-43(17-15-21)24-12-13-26(40-19-24)32(36,37)38/h2-13,19,21,25,29H,1,14-18,39H2,(H,41,42). The number of hydrogen-bond donors (Lipinski definition) is 2. The number of halogens is 6. The number of pyridine rings is 1. The summed E-state index contributed by atoms with van der Waals surface area (Å²) in [6.07, 6.45) is -7.51. The minimum Gasteiger partial charge on any atom is -0.401 e. The molecule has 1 aromatic heterocycles. The van der Waals surface area contributed by atoms with E-state index in [0.717, 1.165) is 17.2 Å². The van der Waals surface area contributed by atoms with Crippen LogP contribution in [0.3, 0.4) is 0 Å². The number of aliphatic imine (C=N–C) groups is 1. The number of benzene rings is 2. The van der Waals surface area contributed by atoms with Gasteiger partial charge in [0.1, 0.15) is 17.6 Å². The Labute approximate surface area is 245 Å². The molecular formula is C32H31F6N5. The van der Waals surface area contributed by atoms with Crippen molar-refractivity contribution in [3.63, 3.8) is 0 Å². The summed E-state index contributed by atoms with van der Waals surface area (Å²) in [7, 11) is 0. The highest BCUT2D eigenvalue weighted by Gasteiger charge is 2.48. The zero-order chi connectivity index (χ0) is 30.8. The number of nitrogens with two attached hydrogens (primary N) is 1. The fourth-order valence-corrected chi connectivity index (χ4v) is 5.67. The van der Waals surface area contributed by atoms with Crippen LogP contribution in [-0.2, 0) is 6.18 Å². The first-order valence-corrected chi connectivity index (χ1v) is 13.9. The van der Waals surface area contributed by atoms with Gasteiger partial charge in [-0.3, -0.25) is 4.99 Å². The smallest absolute Gasteiger partial charge is 0.401 e. The van der Waals surface area contributed by atoms with Crippen LogP contribution in [-0.4, -0.2) is 30.1 Å². The van der Waals surface area contributed by atoms with Crippen molar-refractivity contribution in [2.45, 2.75) is 37.7 Å². The topological polar surface area (TPSA) is 66.5 Å². The van der Waals surface area contributed by atoms with Gasteiger partial charge in [-0.25, -0.2) is 4.98 Å². The Hall–Kier alpha value is -4.28. The van der Waals surface area contributed by atoms with Crippen LogP contribution in [0.5, 0.6) is 0 Å². The maximum atomic E-state index is 14.5. The molecule has 0 spiro atoms. The molecule has 3 aromatic rings. The lowest BCUT2D eigenvalue weighted by atomic mass is 9.82. The maximum Gasteiger partial charge on any atom is 0.433 e. The quantitative estimate of drug-likeness (QED) is 0.300. The van der Waals surface area contributed by atoms with Crippen LogP contribution in [0.1, 0.15) is 42.1 Å². The van der Waals surface area contributed by atoms with Crippen molar-refractivity contribution in [3.8, 4) is 0 Å². The fourth-order valence-electron chi connectivity index (χ4n) is 5.67. The molecule has 2 saturated heterocycles. The van der Waals surface area contributed by atoms with Crippen molar-refractivity contribution >= 4 is 11.5 Å². The van der Waals surface area contributed by atoms with Crippen molar-refractivity contribution in [2.24, 2.45) is 22.6 Å². The molecule has 11 heteroatoms. The number of allylic oxidation sites excluding steroid dienone is 2. The van der Waals surface area contributed by atoms with Crippen LogP contribution < -0.4 is 16.0 Å². The summed E-state index contributed by atoms with van der Waals surface area (Å²) in [5.41, 5.74) is 8.00. The largest absolute Gasteiger partial charge is 0.433 e. The number of rotatable bonds is 5. The van der Waals surface area contributed by atoms with E-state index in [9.17, 15) is 26.3 Å². The number of nitrogens with zero attached hydrogens (tertiary/aromatic N) is 3. The summed E-state index contributed by atoms with van der Waals surface area (Å²) in [5.74, 6) is -2.23. The third kappa shape index (κ3) is 6.87. The van der Waals surface area contributed by atoms with Gasteiger partial charge in [0.05, 0.1) is 17.8 Å². The highest BCUT2D eigenvalue weighted by Crippen LogP contribution is 2.42. The maximum absolute atomic E-state index is 14.5. The molecule has 0 amide bonds. The molecule has 1 unspecified atom stereocenters. The van der Waals surface area contributed by atoms with Gasteiger partial charge >= 0.3 is 12.4 Å². The van der Waals surface area contributed by atoms with E-state index in [4.69, 9.17) is 10.7 Å². The van der Waals surface area contributed by atoms with Crippen LogP contribution >= 0.6 is 0 Å². The molecule has 2 fully saturated rings. The monoisotopic (exact) mass is 599 g/mol. The lowest BCUT2D eigenvalue weighted by molar-refractivity contribution is -0.163. The first kappa shape index (κ1) is 30.2. The van der Waals surface area contributed by atoms with E-state index in [2.05, 4.69) is 16.9 Å². The van der Waals surface area contributed by atoms with E-state index in [1.807, 2.05) is 65.6 Å². The van der Waals surface area contributed by atoms with E-state index < -0.39 is 30.0 Å². The molecule has 0 radical (unpaired) electrons. The van der Waals surface area contributed by atoms with Gasteiger partial charge in [0.25, 0.3) is 0 Å².